The molecule has 1 heterocycles. The van der Waals surface area contributed by atoms with E-state index in [2.05, 4.69) is 16.1 Å². The normalized spacial score (nSPS) is 11.1. The number of Topliss-reactive ketones (excluding diaryl/α,β-unsaturated/α-hetero) is 1. The predicted molar refractivity (Wildman–Crippen MR) is 71.4 cm³/mol. The molecular formula is C14H14N2O5. The zero-order valence-electron chi connectivity index (χ0n) is 11.7. The second kappa shape index (κ2) is 7.05. The fourth-order valence-electron chi connectivity index (χ4n) is 1.81. The van der Waals surface area contributed by atoms with Gasteiger partial charge in [0, 0.05) is 6.20 Å². The van der Waals surface area contributed by atoms with Gasteiger partial charge in [-0.2, -0.15) is 5.26 Å². The minimum Gasteiger partial charge on any atom is -0.464 e. The highest BCUT2D eigenvalue weighted by molar-refractivity contribution is 6.35. The van der Waals surface area contributed by atoms with Crippen molar-refractivity contribution in [3.63, 3.8) is 0 Å². The van der Waals surface area contributed by atoms with Crippen molar-refractivity contribution < 1.29 is 23.9 Å². The van der Waals surface area contributed by atoms with Crippen LogP contribution in [-0.4, -0.2) is 36.5 Å². The number of nitrogens with zero attached hydrogens (tertiary/aromatic N) is 2. The molecular weight excluding hydrogens is 276 g/mol. The van der Waals surface area contributed by atoms with Crippen molar-refractivity contribution in [3.05, 3.63) is 36.2 Å². The molecule has 7 nitrogen and oxygen atoms in total. The molecule has 0 aliphatic heterocycles. The Labute approximate surface area is 121 Å². The van der Waals surface area contributed by atoms with Crippen LogP contribution in [0.5, 0.6) is 0 Å². The first kappa shape index (κ1) is 16.2. The van der Waals surface area contributed by atoms with Gasteiger partial charge in [0.1, 0.15) is 17.8 Å². The van der Waals surface area contributed by atoms with Crippen molar-refractivity contribution >= 4 is 17.7 Å². The lowest BCUT2D eigenvalue weighted by molar-refractivity contribution is -0.153. The molecule has 0 N–H and O–H groups in total. The molecule has 1 unspecified atom stereocenters. The molecule has 1 rings (SSSR count). The second-order valence-electron chi connectivity index (χ2n) is 4.02. The maximum absolute atomic E-state index is 12.0. The van der Waals surface area contributed by atoms with Gasteiger partial charge in [-0.15, -0.1) is 6.58 Å². The molecule has 0 bridgehead atoms. The lowest BCUT2D eigenvalue weighted by Gasteiger charge is -2.17. The summed E-state index contributed by atoms with van der Waals surface area (Å²) >= 11 is 0. The van der Waals surface area contributed by atoms with E-state index < -0.39 is 23.8 Å². The van der Waals surface area contributed by atoms with Crippen LogP contribution in [0.25, 0.3) is 0 Å². The Morgan fingerprint density at radius 2 is 2.10 bits per heavy atom. The first-order valence-corrected chi connectivity index (χ1v) is 5.93. The Kier molecular flexibility index (Phi) is 5.43. The molecule has 1 aromatic heterocycles. The van der Waals surface area contributed by atoms with Crippen molar-refractivity contribution in [2.75, 3.05) is 14.2 Å². The highest BCUT2D eigenvalue weighted by atomic mass is 16.5. The minimum atomic E-state index is -1.04. The minimum absolute atomic E-state index is 0.00171. The summed E-state index contributed by atoms with van der Waals surface area (Å²) in [5.74, 6) is -2.60. The Hall–Kier alpha value is -2.88. The summed E-state index contributed by atoms with van der Waals surface area (Å²) in [6, 6.07) is 2.13. The zero-order chi connectivity index (χ0) is 16.0. The zero-order valence-corrected chi connectivity index (χ0v) is 11.7. The number of nitriles is 1. The smallest absolute Gasteiger partial charge is 0.376 e. The quantitative estimate of drug-likeness (QED) is 0.440. The number of ether oxygens (including phenoxy) is 2. The topological polar surface area (TPSA) is 98.4 Å². The molecule has 0 saturated heterocycles. The Bertz CT molecular complexity index is 624. The van der Waals surface area contributed by atoms with Crippen LogP contribution in [0.1, 0.15) is 28.5 Å². The average molecular weight is 290 g/mol. The van der Waals surface area contributed by atoms with Crippen LogP contribution >= 0.6 is 0 Å². The highest BCUT2D eigenvalue weighted by Crippen LogP contribution is 2.21. The third-order valence-corrected chi connectivity index (χ3v) is 2.79. The molecule has 0 fully saturated rings. The molecule has 0 saturated carbocycles. The van der Waals surface area contributed by atoms with Gasteiger partial charge < -0.3 is 14.0 Å². The number of hydrogen-bond acceptors (Lipinski definition) is 6. The Morgan fingerprint density at radius 1 is 1.43 bits per heavy atom. The third-order valence-electron chi connectivity index (χ3n) is 2.79. The van der Waals surface area contributed by atoms with Gasteiger partial charge in [-0.05, 0) is 12.5 Å². The second-order valence-corrected chi connectivity index (χ2v) is 4.02. The van der Waals surface area contributed by atoms with Gasteiger partial charge in [0.2, 0.25) is 0 Å². The molecule has 0 amide bonds. The van der Waals surface area contributed by atoms with Crippen LogP contribution in [0.2, 0.25) is 0 Å². The first-order chi connectivity index (χ1) is 9.99. The molecule has 1 atom stereocenters. The van der Waals surface area contributed by atoms with Crippen molar-refractivity contribution in [3.8, 4) is 6.07 Å². The van der Waals surface area contributed by atoms with E-state index in [1.54, 1.807) is 0 Å². The van der Waals surface area contributed by atoms with E-state index in [9.17, 15) is 14.4 Å². The molecule has 0 spiro atoms. The molecule has 110 valence electrons. The summed E-state index contributed by atoms with van der Waals surface area (Å²) in [6.07, 6.45) is 2.83. The third kappa shape index (κ3) is 3.36. The molecule has 1 aromatic rings. The Balaban J connectivity index is 3.37. The molecule has 0 aliphatic carbocycles. The number of ketones is 1. The summed E-state index contributed by atoms with van der Waals surface area (Å²) in [6.45, 7) is 3.52. The van der Waals surface area contributed by atoms with Gasteiger partial charge in [0.15, 0.2) is 0 Å². The standard InChI is InChI=1S/C14H14N2O5/c1-4-5-10(12(17)14(19)21-3)16-8-9(7-15)6-11(16)13(18)20-2/h4,6,8,10H,1,5H2,2-3H3. The highest BCUT2D eigenvalue weighted by Gasteiger charge is 2.30. The largest absolute Gasteiger partial charge is 0.464 e. The number of carbonyl (C=O) groups excluding carboxylic acids is 3. The number of carbonyl (C=O) groups is 3. The van der Waals surface area contributed by atoms with E-state index >= 15 is 0 Å². The molecule has 0 aromatic carbocycles. The van der Waals surface area contributed by atoms with Crippen LogP contribution in [0, 0.1) is 11.3 Å². The SMILES string of the molecule is C=CCC(C(=O)C(=O)OC)n1cc(C#N)cc1C(=O)OC. The van der Waals surface area contributed by atoms with Crippen molar-refractivity contribution in [2.24, 2.45) is 0 Å². The molecule has 7 heteroatoms. The number of aromatic nitrogens is 1. The van der Waals surface area contributed by atoms with Gasteiger partial charge in [0.05, 0.1) is 19.8 Å². The maximum atomic E-state index is 12.0. The number of rotatable bonds is 6. The summed E-state index contributed by atoms with van der Waals surface area (Å²) in [5.41, 5.74) is 0.167. The van der Waals surface area contributed by atoms with E-state index in [-0.39, 0.29) is 17.7 Å². The van der Waals surface area contributed by atoms with Crippen LogP contribution < -0.4 is 0 Å². The van der Waals surface area contributed by atoms with Crippen molar-refractivity contribution in [1.82, 2.24) is 4.57 Å². The lowest BCUT2D eigenvalue weighted by atomic mass is 10.1. The Morgan fingerprint density at radius 3 is 2.57 bits per heavy atom. The lowest BCUT2D eigenvalue weighted by Crippen LogP contribution is -2.29. The van der Waals surface area contributed by atoms with Crippen molar-refractivity contribution in [1.29, 1.82) is 5.26 Å². The summed E-state index contributed by atoms with van der Waals surface area (Å²) in [4.78, 5) is 35.2. The molecule has 0 aliphatic rings. The summed E-state index contributed by atoms with van der Waals surface area (Å²) in [7, 11) is 2.26. The molecule has 21 heavy (non-hydrogen) atoms. The monoisotopic (exact) mass is 290 g/mol. The first-order valence-electron chi connectivity index (χ1n) is 5.93. The van der Waals surface area contributed by atoms with E-state index in [1.807, 2.05) is 6.07 Å². The van der Waals surface area contributed by atoms with Gasteiger partial charge in [-0.25, -0.2) is 9.59 Å². The summed E-state index contributed by atoms with van der Waals surface area (Å²) < 4.78 is 10.2. The van der Waals surface area contributed by atoms with E-state index in [0.717, 1.165) is 7.11 Å². The van der Waals surface area contributed by atoms with E-state index in [0.29, 0.717) is 0 Å². The summed E-state index contributed by atoms with van der Waals surface area (Å²) in [5, 5.41) is 8.92. The average Bonchev–Trinajstić information content (AvgIpc) is 2.94. The number of allylic oxidation sites excluding steroid dienone is 1. The van der Waals surface area contributed by atoms with E-state index in [1.165, 1.54) is 30.0 Å². The maximum Gasteiger partial charge on any atom is 0.376 e. The van der Waals surface area contributed by atoms with Gasteiger partial charge in [0.25, 0.3) is 5.78 Å². The predicted octanol–water partition coefficient (Wildman–Crippen LogP) is 1.01. The number of hydrogen-bond donors (Lipinski definition) is 0. The van der Waals surface area contributed by atoms with Crippen LogP contribution in [0.4, 0.5) is 0 Å². The fraction of sp³-hybridized carbons (Fsp3) is 0.286. The van der Waals surface area contributed by atoms with Gasteiger partial charge >= 0.3 is 11.9 Å². The van der Waals surface area contributed by atoms with Gasteiger partial charge in [-0.1, -0.05) is 6.08 Å². The van der Waals surface area contributed by atoms with Crippen molar-refractivity contribution in [2.45, 2.75) is 12.5 Å². The van der Waals surface area contributed by atoms with Crippen LogP contribution in [0.15, 0.2) is 24.9 Å². The van der Waals surface area contributed by atoms with Crippen LogP contribution in [0.3, 0.4) is 0 Å². The van der Waals surface area contributed by atoms with Crippen LogP contribution in [-0.2, 0) is 19.1 Å². The van der Waals surface area contributed by atoms with E-state index in [4.69, 9.17) is 5.26 Å². The molecule has 0 radical (unpaired) electrons. The number of esters is 2. The number of methoxy groups -OCH3 is 2. The fourth-order valence-corrected chi connectivity index (χ4v) is 1.81. The van der Waals surface area contributed by atoms with Gasteiger partial charge in [-0.3, -0.25) is 4.79 Å².